The molecule has 2 aromatic rings. The maximum absolute atomic E-state index is 6.47. The van der Waals surface area contributed by atoms with Gasteiger partial charge in [0.25, 0.3) is 0 Å². The molecule has 222 valence electrons. The third-order valence-corrected chi connectivity index (χ3v) is 18.2. The van der Waals surface area contributed by atoms with Crippen molar-refractivity contribution in [1.82, 2.24) is 0 Å². The third kappa shape index (κ3) is 6.14. The summed E-state index contributed by atoms with van der Waals surface area (Å²) in [5.74, 6) is 2.07. The fourth-order valence-electron chi connectivity index (χ4n) is 9.17. The molecular weight excluding hydrogens is 538 g/mol. The molecule has 0 N–H and O–H groups in total. The Hall–Kier alpha value is -1.10. The van der Waals surface area contributed by atoms with E-state index >= 15 is 0 Å². The molecule has 0 spiro atoms. The summed E-state index contributed by atoms with van der Waals surface area (Å²) in [6.07, 6.45) is 28.8. The highest BCUT2D eigenvalue weighted by molar-refractivity contribution is 7.68. The highest BCUT2D eigenvalue weighted by Crippen LogP contribution is 2.60. The van der Waals surface area contributed by atoms with Gasteiger partial charge in [-0.1, -0.05) is 117 Å². The summed E-state index contributed by atoms with van der Waals surface area (Å²) >= 11 is 0. The molecule has 0 bridgehead atoms. The van der Waals surface area contributed by atoms with Crippen molar-refractivity contribution >= 4 is 26.5 Å². The van der Waals surface area contributed by atoms with E-state index in [9.17, 15) is 0 Å². The van der Waals surface area contributed by atoms with Crippen LogP contribution in [0.5, 0.6) is 11.5 Å². The molecule has 4 fully saturated rings. The molecule has 0 amide bonds. The SMILES string of the molecule is c1ccc(P(C2CCCCC2)C2CCCCC2)c(-c2c(P(C3CCCCC3)C3CCCCC3)ccc3c2OCO3)c1. The first-order valence-electron chi connectivity index (χ1n) is 17.5. The molecule has 7 rings (SSSR count). The number of rotatable bonds is 7. The number of ether oxygens (including phenoxy) is 2. The van der Waals surface area contributed by atoms with Crippen molar-refractivity contribution in [3.05, 3.63) is 36.4 Å². The van der Waals surface area contributed by atoms with E-state index < -0.39 is 0 Å². The summed E-state index contributed by atoms with van der Waals surface area (Å²) in [5.41, 5.74) is 6.57. The summed E-state index contributed by atoms with van der Waals surface area (Å²) in [6.45, 7) is 0.374. The minimum atomic E-state index is -0.232. The normalized spacial score (nSPS) is 23.5. The second-order valence-corrected chi connectivity index (χ2v) is 19.2. The molecule has 41 heavy (non-hydrogen) atoms. The van der Waals surface area contributed by atoms with E-state index in [-0.39, 0.29) is 15.8 Å². The Kier molecular flexibility index (Phi) is 9.57. The van der Waals surface area contributed by atoms with Gasteiger partial charge in [-0.2, -0.15) is 0 Å². The van der Waals surface area contributed by atoms with E-state index in [4.69, 9.17) is 9.47 Å². The molecule has 4 aliphatic carbocycles. The summed E-state index contributed by atoms with van der Waals surface area (Å²) < 4.78 is 12.6. The van der Waals surface area contributed by atoms with Crippen LogP contribution >= 0.6 is 15.8 Å². The van der Waals surface area contributed by atoms with Gasteiger partial charge >= 0.3 is 0 Å². The quantitative estimate of drug-likeness (QED) is 0.299. The molecule has 1 aliphatic heterocycles. The Bertz CT molecular complexity index is 1100. The fourth-order valence-corrected chi connectivity index (χ4v) is 17.1. The molecule has 0 aromatic heterocycles. The van der Waals surface area contributed by atoms with Crippen molar-refractivity contribution in [3.8, 4) is 22.6 Å². The van der Waals surface area contributed by atoms with Gasteiger partial charge in [-0.25, -0.2) is 0 Å². The molecule has 5 aliphatic rings. The maximum atomic E-state index is 6.47. The minimum absolute atomic E-state index is 0.193. The molecule has 0 atom stereocenters. The molecule has 2 nitrogen and oxygen atoms in total. The Morgan fingerprint density at radius 3 is 1.44 bits per heavy atom. The first kappa shape index (κ1) is 28.7. The van der Waals surface area contributed by atoms with Crippen molar-refractivity contribution in [2.45, 2.75) is 151 Å². The smallest absolute Gasteiger partial charge is 0.231 e. The van der Waals surface area contributed by atoms with Crippen LogP contribution < -0.4 is 20.1 Å². The molecule has 0 unspecified atom stereocenters. The van der Waals surface area contributed by atoms with Crippen molar-refractivity contribution in [2.75, 3.05) is 6.79 Å². The molecule has 0 radical (unpaired) electrons. The van der Waals surface area contributed by atoms with Crippen molar-refractivity contribution in [3.63, 3.8) is 0 Å². The monoisotopic (exact) mass is 590 g/mol. The maximum Gasteiger partial charge on any atom is 0.231 e. The van der Waals surface area contributed by atoms with Crippen molar-refractivity contribution in [2.24, 2.45) is 0 Å². The molecule has 4 saturated carbocycles. The third-order valence-electron chi connectivity index (χ3n) is 11.1. The van der Waals surface area contributed by atoms with E-state index in [1.54, 1.807) is 10.6 Å². The molecule has 1 heterocycles. The van der Waals surface area contributed by atoms with Gasteiger partial charge in [-0.15, -0.1) is 0 Å². The Morgan fingerprint density at radius 2 is 0.927 bits per heavy atom. The first-order chi connectivity index (χ1) is 20.4. The number of hydrogen-bond acceptors (Lipinski definition) is 2. The minimum Gasteiger partial charge on any atom is -0.454 e. The van der Waals surface area contributed by atoms with E-state index in [1.807, 2.05) is 0 Å². The van der Waals surface area contributed by atoms with Crippen molar-refractivity contribution < 1.29 is 9.47 Å². The van der Waals surface area contributed by atoms with Gasteiger partial charge < -0.3 is 9.47 Å². The predicted octanol–water partition coefficient (Wildman–Crippen LogP) is 10.6. The van der Waals surface area contributed by atoms with E-state index in [2.05, 4.69) is 36.4 Å². The zero-order valence-electron chi connectivity index (χ0n) is 25.3. The van der Waals surface area contributed by atoms with Crippen LogP contribution in [0.2, 0.25) is 0 Å². The van der Waals surface area contributed by atoms with Gasteiger partial charge in [0, 0.05) is 5.56 Å². The Labute approximate surface area is 252 Å². The largest absolute Gasteiger partial charge is 0.454 e. The van der Waals surface area contributed by atoms with Crippen LogP contribution in [0, 0.1) is 0 Å². The van der Waals surface area contributed by atoms with Gasteiger partial charge in [-0.05, 0) is 102 Å². The van der Waals surface area contributed by atoms with E-state index in [1.165, 1.54) is 140 Å². The average Bonchev–Trinajstić information content (AvgIpc) is 3.53. The van der Waals surface area contributed by atoms with Gasteiger partial charge in [-0.3, -0.25) is 0 Å². The second kappa shape index (κ2) is 13.7. The number of benzene rings is 2. The predicted molar refractivity (Wildman–Crippen MR) is 179 cm³/mol. The zero-order chi connectivity index (χ0) is 27.4. The standard InChI is InChI=1S/C37H52O2P2/c1-5-15-28(16-6-1)40(29-17-7-2-8-18-29)34-24-14-13-23-32(34)36-35(26-25-33-37(36)39-27-38-33)41(30-19-9-3-10-20-30)31-21-11-4-12-22-31/h13-14,23-26,28-31H,1-12,15-22,27H2. The van der Waals surface area contributed by atoms with Crippen LogP contribution in [-0.4, -0.2) is 29.4 Å². The van der Waals surface area contributed by atoms with Crippen LogP contribution in [0.15, 0.2) is 36.4 Å². The molecule has 0 saturated heterocycles. The lowest BCUT2D eigenvalue weighted by molar-refractivity contribution is 0.174. The Morgan fingerprint density at radius 1 is 0.463 bits per heavy atom. The number of hydrogen-bond donors (Lipinski definition) is 0. The Balaban J connectivity index is 1.38. The molecule has 4 heteroatoms. The number of fused-ring (bicyclic) bond motifs is 1. The summed E-state index contributed by atoms with van der Waals surface area (Å²) in [6, 6.07) is 14.6. The van der Waals surface area contributed by atoms with E-state index in [0.717, 1.165) is 34.1 Å². The molecular formula is C37H52O2P2. The fraction of sp³-hybridized carbons (Fsp3) is 0.676. The van der Waals surface area contributed by atoms with Crippen molar-refractivity contribution in [1.29, 1.82) is 0 Å². The van der Waals surface area contributed by atoms with E-state index in [0.29, 0.717) is 6.79 Å². The van der Waals surface area contributed by atoms with Crippen LogP contribution in [0.3, 0.4) is 0 Å². The zero-order valence-corrected chi connectivity index (χ0v) is 27.1. The summed E-state index contributed by atoms with van der Waals surface area (Å²) in [4.78, 5) is 0. The van der Waals surface area contributed by atoms with Crippen LogP contribution in [0.4, 0.5) is 0 Å². The first-order valence-corrected chi connectivity index (χ1v) is 20.4. The highest BCUT2D eigenvalue weighted by atomic mass is 31.1. The van der Waals surface area contributed by atoms with Gasteiger partial charge in [0.2, 0.25) is 6.79 Å². The average molecular weight is 591 g/mol. The lowest BCUT2D eigenvalue weighted by Crippen LogP contribution is -2.29. The summed E-state index contributed by atoms with van der Waals surface area (Å²) in [5, 5.41) is 3.39. The summed E-state index contributed by atoms with van der Waals surface area (Å²) in [7, 11) is -0.425. The molecule has 2 aromatic carbocycles. The lowest BCUT2D eigenvalue weighted by atomic mass is 9.99. The van der Waals surface area contributed by atoms with Crippen LogP contribution in [0.25, 0.3) is 11.1 Å². The van der Waals surface area contributed by atoms with Crippen LogP contribution in [0.1, 0.15) is 128 Å². The highest BCUT2D eigenvalue weighted by Gasteiger charge is 2.39. The van der Waals surface area contributed by atoms with Gasteiger partial charge in [0.15, 0.2) is 11.5 Å². The second-order valence-electron chi connectivity index (χ2n) is 13.7. The van der Waals surface area contributed by atoms with Gasteiger partial charge in [0.05, 0.1) is 0 Å². The van der Waals surface area contributed by atoms with Gasteiger partial charge in [0.1, 0.15) is 0 Å². The lowest BCUT2D eigenvalue weighted by Gasteiger charge is -2.41. The van der Waals surface area contributed by atoms with Crippen LogP contribution in [-0.2, 0) is 0 Å². The topological polar surface area (TPSA) is 18.5 Å².